The van der Waals surface area contributed by atoms with Crippen LogP contribution in [-0.4, -0.2) is 10.8 Å². The molecule has 6 nitrogen and oxygen atoms in total. The molecule has 2 aromatic rings. The van der Waals surface area contributed by atoms with Gasteiger partial charge in [0.25, 0.3) is 11.6 Å². The summed E-state index contributed by atoms with van der Waals surface area (Å²) < 4.78 is 0. The second-order valence-electron chi connectivity index (χ2n) is 4.44. The van der Waals surface area contributed by atoms with Gasteiger partial charge in [-0.15, -0.1) is 11.3 Å². The molecule has 0 saturated carbocycles. The topological polar surface area (TPSA) is 98.3 Å². The van der Waals surface area contributed by atoms with Gasteiger partial charge >= 0.3 is 0 Å². The Bertz CT molecular complexity index is 682. The minimum Gasteiger partial charge on any atom is -0.393 e. The number of nitrogen functional groups attached to an aromatic ring is 1. The highest BCUT2D eigenvalue weighted by Gasteiger charge is 2.15. The highest BCUT2D eigenvalue weighted by molar-refractivity contribution is 7.10. The smallest absolute Gasteiger partial charge is 0.292 e. The lowest BCUT2D eigenvalue weighted by Crippen LogP contribution is -2.23. The fraction of sp³-hybridized carbons (Fsp3) is 0.214. The van der Waals surface area contributed by atoms with E-state index in [4.69, 9.17) is 5.73 Å². The van der Waals surface area contributed by atoms with Crippen molar-refractivity contribution in [3.8, 4) is 0 Å². The SMILES string of the molecule is CCc1ccsc1CNC(=O)c1ccc(N)c([N+](=O)[O-])c1. The van der Waals surface area contributed by atoms with E-state index in [1.165, 1.54) is 23.8 Å². The molecule has 0 radical (unpaired) electrons. The van der Waals surface area contributed by atoms with Gasteiger partial charge in [-0.1, -0.05) is 6.92 Å². The Labute approximate surface area is 125 Å². The number of amides is 1. The van der Waals surface area contributed by atoms with Crippen LogP contribution in [0.5, 0.6) is 0 Å². The van der Waals surface area contributed by atoms with Crippen molar-refractivity contribution >= 4 is 28.6 Å². The number of thiophene rings is 1. The first kappa shape index (κ1) is 15.0. The van der Waals surface area contributed by atoms with Crippen molar-refractivity contribution < 1.29 is 9.72 Å². The maximum absolute atomic E-state index is 12.1. The number of nitrogens with one attached hydrogen (secondary N) is 1. The van der Waals surface area contributed by atoms with Crippen molar-refractivity contribution in [1.29, 1.82) is 0 Å². The van der Waals surface area contributed by atoms with Gasteiger partial charge in [0.05, 0.1) is 11.5 Å². The number of hydrogen-bond donors (Lipinski definition) is 2. The average Bonchev–Trinajstić information content (AvgIpc) is 2.92. The molecular weight excluding hydrogens is 290 g/mol. The second-order valence-corrected chi connectivity index (χ2v) is 5.44. The summed E-state index contributed by atoms with van der Waals surface area (Å²) in [7, 11) is 0. The third-order valence-electron chi connectivity index (χ3n) is 3.12. The number of nitro benzene ring substituents is 1. The van der Waals surface area contributed by atoms with Crippen molar-refractivity contribution in [3.05, 3.63) is 55.8 Å². The van der Waals surface area contributed by atoms with Crippen LogP contribution in [0.3, 0.4) is 0 Å². The van der Waals surface area contributed by atoms with Gasteiger partial charge in [-0.2, -0.15) is 0 Å². The average molecular weight is 305 g/mol. The molecule has 0 atom stereocenters. The highest BCUT2D eigenvalue weighted by Crippen LogP contribution is 2.22. The lowest BCUT2D eigenvalue weighted by Gasteiger charge is -2.06. The Hall–Kier alpha value is -2.41. The third kappa shape index (κ3) is 3.38. The molecule has 0 aliphatic heterocycles. The van der Waals surface area contributed by atoms with Crippen LogP contribution in [0, 0.1) is 10.1 Å². The van der Waals surface area contributed by atoms with E-state index in [0.29, 0.717) is 6.54 Å². The summed E-state index contributed by atoms with van der Waals surface area (Å²) in [4.78, 5) is 23.4. The zero-order chi connectivity index (χ0) is 15.4. The summed E-state index contributed by atoms with van der Waals surface area (Å²) in [5.41, 5.74) is 6.72. The summed E-state index contributed by atoms with van der Waals surface area (Å²) >= 11 is 1.58. The van der Waals surface area contributed by atoms with E-state index in [2.05, 4.69) is 12.2 Å². The molecule has 7 heteroatoms. The van der Waals surface area contributed by atoms with Crippen LogP contribution >= 0.6 is 11.3 Å². The standard InChI is InChI=1S/C14H15N3O3S/c1-2-9-5-6-21-13(9)8-16-14(18)10-3-4-11(15)12(7-10)17(19)20/h3-7H,2,8,15H2,1H3,(H,16,18). The summed E-state index contributed by atoms with van der Waals surface area (Å²) in [5, 5.41) is 15.6. The molecule has 1 amide bonds. The van der Waals surface area contributed by atoms with Crippen LogP contribution in [0.4, 0.5) is 11.4 Å². The first-order valence-electron chi connectivity index (χ1n) is 6.40. The van der Waals surface area contributed by atoms with Gasteiger partial charge in [0.15, 0.2) is 0 Å². The number of anilines is 1. The van der Waals surface area contributed by atoms with E-state index in [1.54, 1.807) is 11.3 Å². The fourth-order valence-electron chi connectivity index (χ4n) is 1.94. The van der Waals surface area contributed by atoms with Gasteiger partial charge in [0, 0.05) is 16.5 Å². The van der Waals surface area contributed by atoms with Crippen LogP contribution in [0.2, 0.25) is 0 Å². The van der Waals surface area contributed by atoms with Gasteiger partial charge in [0.2, 0.25) is 0 Å². The summed E-state index contributed by atoms with van der Waals surface area (Å²) in [6.07, 6.45) is 0.905. The Morgan fingerprint density at radius 1 is 1.43 bits per heavy atom. The monoisotopic (exact) mass is 305 g/mol. The van der Waals surface area contributed by atoms with Gasteiger partial charge in [0.1, 0.15) is 5.69 Å². The number of carbonyl (C=O) groups excluding carboxylic acids is 1. The number of benzene rings is 1. The number of rotatable bonds is 5. The van der Waals surface area contributed by atoms with E-state index >= 15 is 0 Å². The molecule has 2 rings (SSSR count). The van der Waals surface area contributed by atoms with Crippen molar-refractivity contribution in [3.63, 3.8) is 0 Å². The largest absolute Gasteiger partial charge is 0.393 e. The molecule has 21 heavy (non-hydrogen) atoms. The van der Waals surface area contributed by atoms with E-state index in [0.717, 1.165) is 11.3 Å². The maximum Gasteiger partial charge on any atom is 0.292 e. The molecule has 1 aromatic carbocycles. The molecular formula is C14H15N3O3S. The first-order valence-corrected chi connectivity index (χ1v) is 7.28. The minimum absolute atomic E-state index is 0.0445. The molecule has 0 unspecified atom stereocenters. The Morgan fingerprint density at radius 3 is 2.86 bits per heavy atom. The van der Waals surface area contributed by atoms with Gasteiger partial charge < -0.3 is 11.1 Å². The van der Waals surface area contributed by atoms with Crippen LogP contribution in [0.1, 0.15) is 27.7 Å². The van der Waals surface area contributed by atoms with Crippen molar-refractivity contribution in [1.82, 2.24) is 5.32 Å². The minimum atomic E-state index is -0.597. The normalized spacial score (nSPS) is 10.3. The molecule has 0 fully saturated rings. The van der Waals surface area contributed by atoms with E-state index in [-0.39, 0.29) is 22.8 Å². The number of nitrogens with zero attached hydrogens (tertiary/aromatic N) is 1. The first-order chi connectivity index (χ1) is 10.0. The Morgan fingerprint density at radius 2 is 2.19 bits per heavy atom. The van der Waals surface area contributed by atoms with Gasteiger partial charge in [-0.3, -0.25) is 14.9 Å². The fourth-order valence-corrected chi connectivity index (χ4v) is 2.86. The third-order valence-corrected chi connectivity index (χ3v) is 4.08. The highest BCUT2D eigenvalue weighted by atomic mass is 32.1. The van der Waals surface area contributed by atoms with E-state index in [1.807, 2.05) is 11.4 Å². The predicted molar refractivity (Wildman–Crippen MR) is 82.4 cm³/mol. The van der Waals surface area contributed by atoms with Crippen LogP contribution in [-0.2, 0) is 13.0 Å². The number of hydrogen-bond acceptors (Lipinski definition) is 5. The Balaban J connectivity index is 2.10. The van der Waals surface area contributed by atoms with E-state index < -0.39 is 4.92 Å². The van der Waals surface area contributed by atoms with Crippen LogP contribution in [0.15, 0.2) is 29.6 Å². The summed E-state index contributed by atoms with van der Waals surface area (Å²) in [6.45, 7) is 2.47. The number of nitrogens with two attached hydrogens (primary N) is 1. The molecule has 0 aliphatic rings. The van der Waals surface area contributed by atoms with Gasteiger partial charge in [-0.25, -0.2) is 0 Å². The molecule has 0 spiro atoms. The summed E-state index contributed by atoms with van der Waals surface area (Å²) in [5.74, 6) is -0.353. The Kier molecular flexibility index (Phi) is 4.54. The van der Waals surface area contributed by atoms with Crippen LogP contribution in [0.25, 0.3) is 0 Å². The van der Waals surface area contributed by atoms with Crippen molar-refractivity contribution in [2.45, 2.75) is 19.9 Å². The van der Waals surface area contributed by atoms with Crippen LogP contribution < -0.4 is 11.1 Å². The molecule has 1 aromatic heterocycles. The maximum atomic E-state index is 12.1. The zero-order valence-electron chi connectivity index (χ0n) is 11.5. The second kappa shape index (κ2) is 6.36. The molecule has 1 heterocycles. The molecule has 0 bridgehead atoms. The molecule has 3 N–H and O–H groups in total. The molecule has 0 saturated heterocycles. The quantitative estimate of drug-likeness (QED) is 0.504. The number of carbonyl (C=O) groups is 1. The van der Waals surface area contributed by atoms with E-state index in [9.17, 15) is 14.9 Å². The number of nitro groups is 1. The molecule has 0 aliphatic carbocycles. The van der Waals surface area contributed by atoms with Crippen molar-refractivity contribution in [2.75, 3.05) is 5.73 Å². The van der Waals surface area contributed by atoms with Crippen molar-refractivity contribution in [2.24, 2.45) is 0 Å². The van der Waals surface area contributed by atoms with Gasteiger partial charge in [-0.05, 0) is 35.6 Å². The lowest BCUT2D eigenvalue weighted by atomic mass is 10.1. The lowest BCUT2D eigenvalue weighted by molar-refractivity contribution is -0.383. The summed E-state index contributed by atoms with van der Waals surface area (Å²) in [6, 6.07) is 6.07. The predicted octanol–water partition coefficient (Wildman–Crippen LogP) is 2.73. The zero-order valence-corrected chi connectivity index (χ0v) is 12.3. The molecule has 110 valence electrons. The number of aryl methyl sites for hydroxylation is 1.